The Morgan fingerprint density at radius 2 is 0.711 bits per heavy atom. The second-order valence-corrected chi connectivity index (χ2v) is 18.6. The van der Waals surface area contributed by atoms with E-state index >= 15 is 0 Å². The molecule has 0 aliphatic carbocycles. The summed E-state index contributed by atoms with van der Waals surface area (Å²) in [6.07, 6.45) is 0. The van der Waals surface area contributed by atoms with Crippen LogP contribution in [-0.4, -0.2) is 58.0 Å². The number of rotatable bonds is 0. The van der Waals surface area contributed by atoms with Crippen molar-refractivity contribution in [2.24, 2.45) is 0 Å². The molecule has 0 saturated carbocycles. The van der Waals surface area contributed by atoms with Gasteiger partial charge >= 0.3 is 243 Å². The van der Waals surface area contributed by atoms with Crippen molar-refractivity contribution in [3.8, 4) is 0 Å². The molecular weight excluding hydrogens is 724 g/mol. The molecule has 4 heteroatoms. The van der Waals surface area contributed by atoms with Gasteiger partial charge in [-0.2, -0.15) is 0 Å². The Morgan fingerprint density at radius 3 is 1.18 bits per heavy atom. The van der Waals surface area contributed by atoms with Gasteiger partial charge in [0.15, 0.2) is 0 Å². The van der Waals surface area contributed by atoms with Gasteiger partial charge in [-0.05, 0) is 0 Å². The van der Waals surface area contributed by atoms with Crippen LogP contribution < -0.4 is 0 Å². The standard InChI is InChI=1S/C34H16Se4/c1-3-25-27-11-21-13-29-17(5-7-35-29)9-19(21)15-31(27)38-34(25)24-2-4-26-28-12-22-14-30-18(6-8-36-30)10-20(22)16-32(28)37-33(26)23(1)24/h1-16H. The van der Waals surface area contributed by atoms with Gasteiger partial charge in [0, 0.05) is 0 Å². The van der Waals surface area contributed by atoms with Crippen molar-refractivity contribution in [2.75, 3.05) is 0 Å². The Balaban J connectivity index is 1.27. The fourth-order valence-electron chi connectivity index (χ4n) is 6.28. The molecule has 0 atom stereocenters. The summed E-state index contributed by atoms with van der Waals surface area (Å²) in [5.41, 5.74) is 0. The fourth-order valence-corrected chi connectivity index (χ4v) is 15.0. The Labute approximate surface area is 241 Å². The molecule has 0 spiro atoms. The third kappa shape index (κ3) is 2.88. The van der Waals surface area contributed by atoms with Gasteiger partial charge < -0.3 is 0 Å². The summed E-state index contributed by atoms with van der Waals surface area (Å²) in [6, 6.07) is 34.0. The number of hydrogen-bond acceptors (Lipinski definition) is 0. The van der Waals surface area contributed by atoms with Crippen LogP contribution in [0.5, 0.6) is 0 Å². The molecule has 0 unspecified atom stereocenters. The predicted octanol–water partition coefficient (Wildman–Crippen LogP) is 8.29. The molecule has 0 aliphatic heterocycles. The van der Waals surface area contributed by atoms with Crippen molar-refractivity contribution < 1.29 is 0 Å². The van der Waals surface area contributed by atoms with Crippen LogP contribution in [0.15, 0.2) is 94.8 Å². The average molecular weight is 740 g/mol. The van der Waals surface area contributed by atoms with E-state index in [1.807, 2.05) is 0 Å². The molecule has 10 rings (SSSR count). The quantitative estimate of drug-likeness (QED) is 0.137. The second-order valence-electron chi connectivity index (χ2n) is 10.2. The van der Waals surface area contributed by atoms with Crippen molar-refractivity contribution in [3.05, 3.63) is 94.8 Å². The van der Waals surface area contributed by atoms with Crippen molar-refractivity contribution in [3.63, 3.8) is 0 Å². The minimum atomic E-state index is 0.342. The first kappa shape index (κ1) is 21.5. The topological polar surface area (TPSA) is 0 Å². The van der Waals surface area contributed by atoms with E-state index in [9.17, 15) is 0 Å². The molecular formula is C34H16Se4. The molecule has 38 heavy (non-hydrogen) atoms. The van der Waals surface area contributed by atoms with E-state index in [0.717, 1.165) is 0 Å². The zero-order valence-electron chi connectivity index (χ0n) is 19.9. The molecule has 6 aromatic carbocycles. The summed E-state index contributed by atoms with van der Waals surface area (Å²) in [6.45, 7) is 0. The molecule has 0 amide bonds. The van der Waals surface area contributed by atoms with E-state index in [-0.39, 0.29) is 0 Å². The average Bonchev–Trinajstić information content (AvgIpc) is 3.72. The predicted molar refractivity (Wildman–Crippen MR) is 172 cm³/mol. The van der Waals surface area contributed by atoms with Crippen LogP contribution in [0.2, 0.25) is 0 Å². The third-order valence-corrected chi connectivity index (χ3v) is 16.9. The summed E-state index contributed by atoms with van der Waals surface area (Å²) >= 11 is 1.66. The third-order valence-electron chi connectivity index (χ3n) is 8.13. The molecule has 4 aromatic heterocycles. The molecule has 10 aromatic rings. The summed E-state index contributed by atoms with van der Waals surface area (Å²) in [4.78, 5) is 4.70. The van der Waals surface area contributed by atoms with Gasteiger partial charge in [0.1, 0.15) is 0 Å². The van der Waals surface area contributed by atoms with Crippen LogP contribution >= 0.6 is 0 Å². The van der Waals surface area contributed by atoms with Crippen LogP contribution in [0.25, 0.3) is 90.2 Å². The van der Waals surface area contributed by atoms with Crippen LogP contribution in [0.4, 0.5) is 0 Å². The normalized spacial score (nSPS) is 12.7. The summed E-state index contributed by atoms with van der Waals surface area (Å²) in [5.74, 6) is 0. The molecule has 0 aliphatic rings. The van der Waals surface area contributed by atoms with E-state index in [1.54, 1.807) is 17.0 Å². The number of fused-ring (bicyclic) bond motifs is 13. The molecule has 0 saturated heterocycles. The Bertz CT molecular complexity index is 2440. The summed E-state index contributed by atoms with van der Waals surface area (Å²) in [5, 5.41) is 17.3. The molecule has 0 bridgehead atoms. The summed E-state index contributed by atoms with van der Waals surface area (Å²) < 4.78 is 9.32. The second kappa shape index (κ2) is 7.65. The Hall–Kier alpha value is -2.34. The van der Waals surface area contributed by atoms with Gasteiger partial charge in [0.05, 0.1) is 0 Å². The van der Waals surface area contributed by atoms with Crippen LogP contribution in [0.3, 0.4) is 0 Å². The zero-order chi connectivity index (χ0) is 24.5. The van der Waals surface area contributed by atoms with Crippen LogP contribution in [-0.2, 0) is 0 Å². The first-order valence-corrected chi connectivity index (χ1v) is 19.7. The summed E-state index contributed by atoms with van der Waals surface area (Å²) in [7, 11) is 0. The van der Waals surface area contributed by atoms with Gasteiger partial charge in [0.25, 0.3) is 0 Å². The molecule has 4 heterocycles. The van der Waals surface area contributed by atoms with Gasteiger partial charge in [-0.1, -0.05) is 0 Å². The van der Waals surface area contributed by atoms with Crippen LogP contribution in [0, 0.1) is 0 Å². The van der Waals surface area contributed by atoms with Gasteiger partial charge in [-0.3, -0.25) is 0 Å². The fraction of sp³-hybridized carbons (Fsp3) is 0. The van der Waals surface area contributed by atoms with E-state index in [1.165, 1.54) is 73.2 Å². The van der Waals surface area contributed by atoms with Crippen molar-refractivity contribution in [2.45, 2.75) is 0 Å². The first-order chi connectivity index (χ1) is 18.8. The van der Waals surface area contributed by atoms with Gasteiger partial charge in [-0.25, -0.2) is 0 Å². The number of hydrogen-bond donors (Lipinski definition) is 0. The molecule has 0 nitrogen and oxygen atoms in total. The maximum absolute atomic E-state index is 2.49. The van der Waals surface area contributed by atoms with Gasteiger partial charge in [-0.15, -0.1) is 0 Å². The van der Waals surface area contributed by atoms with Crippen LogP contribution in [0.1, 0.15) is 0 Å². The van der Waals surface area contributed by atoms with E-state index in [0.29, 0.717) is 58.0 Å². The minimum absolute atomic E-state index is 0.342. The maximum atomic E-state index is 2.49. The Kier molecular flexibility index (Phi) is 4.32. The monoisotopic (exact) mass is 744 g/mol. The Morgan fingerprint density at radius 1 is 0.316 bits per heavy atom. The molecule has 0 radical (unpaired) electrons. The molecule has 176 valence electrons. The molecule has 0 N–H and O–H groups in total. The first-order valence-electron chi connectivity index (χ1n) is 12.6. The zero-order valence-corrected chi connectivity index (χ0v) is 26.7. The molecule has 0 fully saturated rings. The van der Waals surface area contributed by atoms with Crippen molar-refractivity contribution in [1.29, 1.82) is 0 Å². The SMILES string of the molecule is c1cc2cc3cc4[se]c5c(ccc6c5ccc5c7cc8cc9[se]ccc9cc8cc7[se]c56)c4cc3cc2[se]1. The number of benzene rings is 6. The van der Waals surface area contributed by atoms with E-state index < -0.39 is 0 Å². The van der Waals surface area contributed by atoms with Crippen molar-refractivity contribution >= 4 is 148 Å². The van der Waals surface area contributed by atoms with E-state index in [4.69, 9.17) is 0 Å². The van der Waals surface area contributed by atoms with E-state index in [2.05, 4.69) is 94.8 Å². The van der Waals surface area contributed by atoms with Crippen molar-refractivity contribution in [1.82, 2.24) is 0 Å². The van der Waals surface area contributed by atoms with Gasteiger partial charge in [0.2, 0.25) is 0 Å².